The second-order valence-electron chi connectivity index (χ2n) is 7.47. The number of para-hydroxylation sites is 2. The van der Waals surface area contributed by atoms with Crippen molar-refractivity contribution in [3.63, 3.8) is 0 Å². The smallest absolute Gasteiger partial charge is 0.260 e. The lowest BCUT2D eigenvalue weighted by Crippen LogP contribution is -2.49. The second kappa shape index (κ2) is 9.61. The molecular formula is C23H26N4O4. The molecule has 0 bridgehead atoms. The molecule has 1 saturated heterocycles. The number of amides is 1. The van der Waals surface area contributed by atoms with Crippen LogP contribution in [0.3, 0.4) is 0 Å². The van der Waals surface area contributed by atoms with E-state index in [1.165, 1.54) is 5.56 Å². The summed E-state index contributed by atoms with van der Waals surface area (Å²) in [7, 11) is 1.58. The fourth-order valence-corrected chi connectivity index (χ4v) is 3.45. The van der Waals surface area contributed by atoms with E-state index in [1.807, 2.05) is 48.2 Å². The summed E-state index contributed by atoms with van der Waals surface area (Å²) in [5, 5.41) is 4.09. The van der Waals surface area contributed by atoms with Crippen LogP contribution in [0.2, 0.25) is 0 Å². The summed E-state index contributed by atoms with van der Waals surface area (Å²) < 4.78 is 16.3. The SMILES string of the molecule is COc1ccccc1OCC(=O)N1CCN(Cc2nc(-c3ccc(C)cc3)no2)CC1. The lowest BCUT2D eigenvalue weighted by atomic mass is 10.1. The van der Waals surface area contributed by atoms with Crippen molar-refractivity contribution in [1.29, 1.82) is 0 Å². The highest BCUT2D eigenvalue weighted by Crippen LogP contribution is 2.25. The van der Waals surface area contributed by atoms with Crippen molar-refractivity contribution >= 4 is 5.91 Å². The molecule has 1 aromatic heterocycles. The third-order valence-corrected chi connectivity index (χ3v) is 5.28. The van der Waals surface area contributed by atoms with Gasteiger partial charge in [0.25, 0.3) is 5.91 Å². The molecule has 1 aliphatic heterocycles. The van der Waals surface area contributed by atoms with Gasteiger partial charge in [-0.25, -0.2) is 0 Å². The van der Waals surface area contributed by atoms with Crippen LogP contribution in [-0.2, 0) is 11.3 Å². The number of aromatic nitrogens is 2. The van der Waals surface area contributed by atoms with Crippen LogP contribution < -0.4 is 9.47 Å². The third-order valence-electron chi connectivity index (χ3n) is 5.28. The van der Waals surface area contributed by atoms with Gasteiger partial charge in [-0.1, -0.05) is 47.1 Å². The minimum atomic E-state index is -0.0370. The van der Waals surface area contributed by atoms with E-state index in [0.717, 1.165) is 18.7 Å². The number of benzene rings is 2. The van der Waals surface area contributed by atoms with Crippen LogP contribution in [0.15, 0.2) is 53.1 Å². The molecule has 1 fully saturated rings. The molecule has 0 N–H and O–H groups in total. The third kappa shape index (κ3) is 5.21. The van der Waals surface area contributed by atoms with Crippen LogP contribution >= 0.6 is 0 Å². The van der Waals surface area contributed by atoms with Gasteiger partial charge in [-0.3, -0.25) is 9.69 Å². The predicted molar refractivity (Wildman–Crippen MR) is 115 cm³/mol. The number of aryl methyl sites for hydroxylation is 1. The van der Waals surface area contributed by atoms with Gasteiger partial charge in [-0.2, -0.15) is 4.98 Å². The molecule has 8 nitrogen and oxygen atoms in total. The maximum absolute atomic E-state index is 12.5. The van der Waals surface area contributed by atoms with Gasteiger partial charge in [0.2, 0.25) is 11.7 Å². The zero-order valence-corrected chi connectivity index (χ0v) is 17.8. The van der Waals surface area contributed by atoms with Crippen molar-refractivity contribution in [3.05, 3.63) is 60.0 Å². The van der Waals surface area contributed by atoms with Gasteiger partial charge in [0.1, 0.15) is 0 Å². The first kappa shape index (κ1) is 20.9. The first-order valence-corrected chi connectivity index (χ1v) is 10.3. The number of rotatable bonds is 7. The van der Waals surface area contributed by atoms with E-state index < -0.39 is 0 Å². The first-order chi connectivity index (χ1) is 15.1. The van der Waals surface area contributed by atoms with Crippen molar-refractivity contribution in [3.8, 4) is 22.9 Å². The van der Waals surface area contributed by atoms with Gasteiger partial charge < -0.3 is 18.9 Å². The fourth-order valence-electron chi connectivity index (χ4n) is 3.45. The van der Waals surface area contributed by atoms with Crippen molar-refractivity contribution in [1.82, 2.24) is 19.9 Å². The van der Waals surface area contributed by atoms with Gasteiger partial charge in [0.05, 0.1) is 13.7 Å². The first-order valence-electron chi connectivity index (χ1n) is 10.3. The van der Waals surface area contributed by atoms with E-state index >= 15 is 0 Å². The van der Waals surface area contributed by atoms with Crippen LogP contribution in [0.4, 0.5) is 0 Å². The molecule has 8 heteroatoms. The summed E-state index contributed by atoms with van der Waals surface area (Å²) in [5.41, 5.74) is 2.12. The van der Waals surface area contributed by atoms with Crippen LogP contribution in [0.1, 0.15) is 11.5 Å². The van der Waals surface area contributed by atoms with Gasteiger partial charge in [-0.15, -0.1) is 0 Å². The number of piperazine rings is 1. The Bertz CT molecular complexity index is 1010. The lowest BCUT2D eigenvalue weighted by molar-refractivity contribution is -0.135. The standard InChI is InChI=1S/C23H26N4O4/c1-17-7-9-18(10-8-17)23-24-21(31-25-23)15-26-11-13-27(14-12-26)22(28)16-30-20-6-4-3-5-19(20)29-2/h3-10H,11-16H2,1-2H3. The number of hydrogen-bond acceptors (Lipinski definition) is 7. The molecule has 0 radical (unpaired) electrons. The molecule has 2 heterocycles. The maximum atomic E-state index is 12.5. The zero-order valence-electron chi connectivity index (χ0n) is 17.8. The Morgan fingerprint density at radius 2 is 1.74 bits per heavy atom. The molecule has 0 aliphatic carbocycles. The van der Waals surface area contributed by atoms with E-state index in [4.69, 9.17) is 14.0 Å². The van der Waals surface area contributed by atoms with Crippen LogP contribution in [0, 0.1) is 6.92 Å². The summed E-state index contributed by atoms with van der Waals surface area (Å²) in [6.07, 6.45) is 0. The number of carbonyl (C=O) groups excluding carboxylic acids is 1. The Labute approximate surface area is 181 Å². The quantitative estimate of drug-likeness (QED) is 0.579. The summed E-state index contributed by atoms with van der Waals surface area (Å²) in [5.74, 6) is 2.32. The monoisotopic (exact) mass is 422 g/mol. The molecule has 1 aliphatic rings. The van der Waals surface area contributed by atoms with Gasteiger partial charge in [-0.05, 0) is 19.1 Å². The molecule has 1 amide bonds. The zero-order chi connectivity index (χ0) is 21.6. The van der Waals surface area contributed by atoms with Gasteiger partial charge in [0.15, 0.2) is 18.1 Å². The molecule has 2 aromatic carbocycles. The van der Waals surface area contributed by atoms with Crippen molar-refractivity contribution in [2.24, 2.45) is 0 Å². The molecule has 31 heavy (non-hydrogen) atoms. The predicted octanol–water partition coefficient (Wildman–Crippen LogP) is 2.78. The van der Waals surface area contributed by atoms with Gasteiger partial charge >= 0.3 is 0 Å². The van der Waals surface area contributed by atoms with Crippen LogP contribution in [0.5, 0.6) is 11.5 Å². The van der Waals surface area contributed by atoms with E-state index in [-0.39, 0.29) is 12.5 Å². The topological polar surface area (TPSA) is 80.9 Å². The number of carbonyl (C=O) groups is 1. The minimum absolute atomic E-state index is 0.00998. The molecule has 0 saturated carbocycles. The van der Waals surface area contributed by atoms with E-state index in [1.54, 1.807) is 19.2 Å². The number of hydrogen-bond donors (Lipinski definition) is 0. The normalized spacial score (nSPS) is 14.5. The Morgan fingerprint density at radius 1 is 1.03 bits per heavy atom. The maximum Gasteiger partial charge on any atom is 0.260 e. The Kier molecular flexibility index (Phi) is 6.47. The summed E-state index contributed by atoms with van der Waals surface area (Å²) in [6.45, 7) is 5.34. The largest absolute Gasteiger partial charge is 0.493 e. The average Bonchev–Trinajstić information content (AvgIpc) is 3.27. The lowest BCUT2D eigenvalue weighted by Gasteiger charge is -2.33. The van der Waals surface area contributed by atoms with E-state index in [9.17, 15) is 4.79 Å². The fraction of sp³-hybridized carbons (Fsp3) is 0.348. The molecular weight excluding hydrogens is 396 g/mol. The number of nitrogens with zero attached hydrogens (tertiary/aromatic N) is 4. The molecule has 0 spiro atoms. The highest BCUT2D eigenvalue weighted by molar-refractivity contribution is 5.78. The number of ether oxygens (including phenoxy) is 2. The molecule has 3 aromatic rings. The van der Waals surface area contributed by atoms with Crippen LogP contribution in [0.25, 0.3) is 11.4 Å². The van der Waals surface area contributed by atoms with E-state index in [2.05, 4.69) is 15.0 Å². The average molecular weight is 422 g/mol. The van der Waals surface area contributed by atoms with Crippen molar-refractivity contribution in [2.75, 3.05) is 39.9 Å². The Hall–Kier alpha value is -3.39. The van der Waals surface area contributed by atoms with E-state index in [0.29, 0.717) is 42.8 Å². The summed E-state index contributed by atoms with van der Waals surface area (Å²) in [6, 6.07) is 15.3. The highest BCUT2D eigenvalue weighted by atomic mass is 16.5. The minimum Gasteiger partial charge on any atom is -0.493 e. The van der Waals surface area contributed by atoms with Crippen molar-refractivity contribution in [2.45, 2.75) is 13.5 Å². The number of methoxy groups -OCH3 is 1. The molecule has 0 unspecified atom stereocenters. The van der Waals surface area contributed by atoms with Gasteiger partial charge in [0, 0.05) is 31.7 Å². The molecule has 0 atom stereocenters. The summed E-state index contributed by atoms with van der Waals surface area (Å²) >= 11 is 0. The highest BCUT2D eigenvalue weighted by Gasteiger charge is 2.23. The van der Waals surface area contributed by atoms with Crippen LogP contribution in [-0.4, -0.2) is 65.7 Å². The summed E-state index contributed by atoms with van der Waals surface area (Å²) in [4.78, 5) is 21.0. The Morgan fingerprint density at radius 3 is 2.45 bits per heavy atom. The molecule has 4 rings (SSSR count). The van der Waals surface area contributed by atoms with Crippen molar-refractivity contribution < 1.29 is 18.8 Å². The molecule has 162 valence electrons. The second-order valence-corrected chi connectivity index (χ2v) is 7.47. The Balaban J connectivity index is 1.25.